The van der Waals surface area contributed by atoms with Crippen molar-refractivity contribution < 1.29 is 9.05 Å². The highest BCUT2D eigenvalue weighted by Crippen LogP contribution is 2.71. The normalized spacial score (nSPS) is 23.4. The van der Waals surface area contributed by atoms with Gasteiger partial charge in [-0.25, -0.2) is 0 Å². The standard InChI is InChI=1S/C24H16O2P2S4/c29-27(23-15-7-3-11-19(23)17-9-1-5-13-21(17)25-27)32(31)28(30)24-16-8-4-12-20(24)18-10-2-6-14-22(18)26-28/h1-16H. The van der Waals surface area contributed by atoms with Gasteiger partial charge >= 0.3 is 0 Å². The molecule has 2 aliphatic rings. The van der Waals surface area contributed by atoms with Gasteiger partial charge in [-0.1, -0.05) is 72.8 Å². The predicted octanol–water partition coefficient (Wildman–Crippen LogP) is 6.46. The Kier molecular flexibility index (Phi) is 5.03. The molecular formula is C24H16O2P2S4. The van der Waals surface area contributed by atoms with Crippen molar-refractivity contribution in [2.45, 2.75) is 0 Å². The quantitative estimate of drug-likeness (QED) is 0.279. The van der Waals surface area contributed by atoms with Gasteiger partial charge in [0.2, 0.25) is 10.9 Å². The zero-order valence-corrected chi connectivity index (χ0v) is 21.6. The third kappa shape index (κ3) is 2.98. The van der Waals surface area contributed by atoms with Gasteiger partial charge in [-0.3, -0.25) is 0 Å². The van der Waals surface area contributed by atoms with Crippen molar-refractivity contribution in [3.05, 3.63) is 97.1 Å². The van der Waals surface area contributed by atoms with E-state index in [1.165, 1.54) is 0 Å². The van der Waals surface area contributed by atoms with E-state index in [4.69, 9.17) is 43.8 Å². The number of benzene rings is 4. The van der Waals surface area contributed by atoms with Crippen molar-refractivity contribution in [1.82, 2.24) is 0 Å². The lowest BCUT2D eigenvalue weighted by Gasteiger charge is -2.38. The molecule has 158 valence electrons. The first-order valence-electron chi connectivity index (χ1n) is 9.93. The molecule has 0 bridgehead atoms. The van der Waals surface area contributed by atoms with Crippen molar-refractivity contribution in [1.29, 1.82) is 0 Å². The summed E-state index contributed by atoms with van der Waals surface area (Å²) in [6.07, 6.45) is 0. The number of fused-ring (bicyclic) bond motifs is 6. The molecular weight excluding hydrogens is 510 g/mol. The Morgan fingerprint density at radius 2 is 0.844 bits per heavy atom. The lowest BCUT2D eigenvalue weighted by Crippen LogP contribution is -2.25. The molecule has 2 atom stereocenters. The maximum Gasteiger partial charge on any atom is 0.209 e. The number of rotatable bonds is 2. The van der Waals surface area contributed by atoms with Gasteiger partial charge in [0.25, 0.3) is 0 Å². The molecule has 0 N–H and O–H groups in total. The summed E-state index contributed by atoms with van der Waals surface area (Å²) in [6.45, 7) is 0. The molecule has 0 saturated heterocycles. The maximum atomic E-state index is 6.64. The number of para-hydroxylation sites is 2. The highest BCUT2D eigenvalue weighted by atomic mass is 33.4. The highest BCUT2D eigenvalue weighted by Gasteiger charge is 2.45. The molecule has 2 nitrogen and oxygen atoms in total. The Hall–Kier alpha value is -1.65. The first-order valence-corrected chi connectivity index (χ1v) is 18.7. The molecule has 0 aliphatic carbocycles. The lowest BCUT2D eigenvalue weighted by molar-refractivity contribution is 0.629. The monoisotopic (exact) mass is 526 g/mol. The van der Waals surface area contributed by atoms with Crippen molar-refractivity contribution in [3.8, 4) is 33.8 Å². The lowest BCUT2D eigenvalue weighted by atomic mass is 10.0. The van der Waals surface area contributed by atoms with Crippen LogP contribution < -0.4 is 19.7 Å². The van der Waals surface area contributed by atoms with Crippen molar-refractivity contribution in [3.63, 3.8) is 0 Å². The Morgan fingerprint density at radius 3 is 1.28 bits per heavy atom. The van der Waals surface area contributed by atoms with Gasteiger partial charge in [0.1, 0.15) is 11.5 Å². The summed E-state index contributed by atoms with van der Waals surface area (Å²) in [4.78, 5) is 0. The molecule has 0 saturated carbocycles. The molecule has 4 aromatic rings. The van der Waals surface area contributed by atoms with Crippen LogP contribution in [0, 0.1) is 0 Å². The minimum absolute atomic E-state index is 0.782. The second-order valence-corrected chi connectivity index (χ2v) is 24.3. The Bertz CT molecular complexity index is 1420. The first-order chi connectivity index (χ1) is 15.5. The molecule has 6 rings (SSSR count). The SMILES string of the molecule is S=S(P1(=S)Oc2ccccc2-c2ccccc21)P1(=S)Oc2ccccc2-c2ccccc21. The summed E-state index contributed by atoms with van der Waals surface area (Å²) >= 11 is 19.0. The minimum Gasteiger partial charge on any atom is -0.452 e. The van der Waals surface area contributed by atoms with Gasteiger partial charge in [-0.15, -0.1) is 0 Å². The summed E-state index contributed by atoms with van der Waals surface area (Å²) in [5.74, 6) is 1.56. The van der Waals surface area contributed by atoms with Crippen LogP contribution >= 0.6 is 10.9 Å². The van der Waals surface area contributed by atoms with Gasteiger partial charge in [0, 0.05) is 30.4 Å². The van der Waals surface area contributed by atoms with Crippen LogP contribution in [0.1, 0.15) is 0 Å². The van der Waals surface area contributed by atoms with E-state index in [0.29, 0.717) is 0 Å². The van der Waals surface area contributed by atoms with Gasteiger partial charge in [-0.2, -0.15) is 0 Å². The number of hydrogen-bond acceptors (Lipinski definition) is 5. The summed E-state index contributed by atoms with van der Waals surface area (Å²) in [6, 6.07) is 32.4. The molecule has 0 amide bonds. The van der Waals surface area contributed by atoms with Gasteiger partial charge < -0.3 is 9.05 Å². The Morgan fingerprint density at radius 1 is 0.500 bits per heavy atom. The van der Waals surface area contributed by atoms with Gasteiger partial charge in [0.05, 0.1) is 0 Å². The summed E-state index contributed by atoms with van der Waals surface area (Å²) in [5.41, 5.74) is -1.20. The van der Waals surface area contributed by atoms with E-state index >= 15 is 0 Å². The van der Waals surface area contributed by atoms with Crippen LogP contribution in [0.2, 0.25) is 0 Å². The van der Waals surface area contributed by atoms with E-state index in [0.717, 1.165) is 44.4 Å². The van der Waals surface area contributed by atoms with Crippen LogP contribution in [0.4, 0.5) is 0 Å². The van der Waals surface area contributed by atoms with E-state index in [9.17, 15) is 0 Å². The smallest absolute Gasteiger partial charge is 0.209 e. The fraction of sp³-hybridized carbons (Fsp3) is 0. The van der Waals surface area contributed by atoms with Crippen LogP contribution in [-0.2, 0) is 43.5 Å². The van der Waals surface area contributed by atoms with Gasteiger partial charge in [-0.05, 0) is 70.2 Å². The van der Waals surface area contributed by atoms with Crippen molar-refractivity contribution in [2.75, 3.05) is 0 Å². The second kappa shape index (κ2) is 7.70. The fourth-order valence-electron chi connectivity index (χ4n) is 4.15. The topological polar surface area (TPSA) is 18.5 Å². The summed E-state index contributed by atoms with van der Waals surface area (Å²) in [5, 5.41) is 1.99. The molecule has 8 heteroatoms. The van der Waals surface area contributed by atoms with E-state index < -0.39 is 19.6 Å². The van der Waals surface area contributed by atoms with E-state index in [1.807, 2.05) is 60.7 Å². The molecule has 0 aromatic heterocycles. The Labute approximate surface area is 203 Å². The van der Waals surface area contributed by atoms with Crippen LogP contribution in [0.25, 0.3) is 22.3 Å². The number of hydrogen-bond donors (Lipinski definition) is 0. The molecule has 2 unspecified atom stereocenters. The molecule has 0 fully saturated rings. The third-order valence-electron chi connectivity index (χ3n) is 5.60. The second-order valence-electron chi connectivity index (χ2n) is 7.43. The summed E-state index contributed by atoms with van der Waals surface area (Å²) in [7, 11) is -0.921. The zero-order valence-electron chi connectivity index (χ0n) is 16.6. The largest absolute Gasteiger partial charge is 0.452 e. The molecule has 2 heterocycles. The molecule has 4 aromatic carbocycles. The van der Waals surface area contributed by atoms with Crippen molar-refractivity contribution >= 4 is 65.0 Å². The van der Waals surface area contributed by atoms with Crippen LogP contribution in [-0.4, -0.2) is 0 Å². The molecule has 0 radical (unpaired) electrons. The van der Waals surface area contributed by atoms with Crippen molar-refractivity contribution in [2.24, 2.45) is 0 Å². The van der Waals surface area contributed by atoms with E-state index in [-0.39, 0.29) is 0 Å². The maximum absolute atomic E-state index is 6.64. The van der Waals surface area contributed by atoms with Crippen LogP contribution in [0.15, 0.2) is 97.1 Å². The molecule has 0 spiro atoms. The first kappa shape index (κ1) is 20.9. The van der Waals surface area contributed by atoms with E-state index in [2.05, 4.69) is 36.4 Å². The minimum atomic E-state index is -2.73. The summed E-state index contributed by atoms with van der Waals surface area (Å²) < 4.78 is 13.3. The zero-order chi connectivity index (χ0) is 21.9. The average molecular weight is 527 g/mol. The van der Waals surface area contributed by atoms with Gasteiger partial charge in [0.15, 0.2) is 0 Å². The van der Waals surface area contributed by atoms with Crippen LogP contribution in [0.3, 0.4) is 0 Å². The van der Waals surface area contributed by atoms with Crippen LogP contribution in [0.5, 0.6) is 11.5 Å². The average Bonchev–Trinajstić information content (AvgIpc) is 2.84. The highest BCUT2D eigenvalue weighted by molar-refractivity contribution is 9.03. The molecule has 2 aliphatic heterocycles. The predicted molar refractivity (Wildman–Crippen MR) is 148 cm³/mol. The Balaban J connectivity index is 1.58. The van der Waals surface area contributed by atoms with E-state index in [1.54, 1.807) is 0 Å². The molecule has 32 heavy (non-hydrogen) atoms. The fourth-order valence-corrected chi connectivity index (χ4v) is 25.5. The third-order valence-corrected chi connectivity index (χ3v) is 29.3.